The Morgan fingerprint density at radius 3 is 3.00 bits per heavy atom. The van der Waals surface area contributed by atoms with E-state index in [4.69, 9.17) is 11.0 Å². The summed E-state index contributed by atoms with van der Waals surface area (Å²) in [6.45, 7) is 2.93. The Morgan fingerprint density at radius 1 is 1.53 bits per heavy atom. The van der Waals surface area contributed by atoms with Crippen molar-refractivity contribution in [1.82, 2.24) is 0 Å². The molecule has 0 aliphatic rings. The van der Waals surface area contributed by atoms with Gasteiger partial charge in [-0.05, 0) is 30.7 Å². The van der Waals surface area contributed by atoms with Crippen LogP contribution in [0.25, 0.3) is 0 Å². The number of hydrogen-bond donors (Lipinski definition) is 1. The second-order valence-corrected chi connectivity index (χ2v) is 4.94. The monoisotopic (exact) mass is 220 g/mol. The Labute approximate surface area is 95.5 Å². The Morgan fingerprint density at radius 2 is 2.33 bits per heavy atom. The summed E-state index contributed by atoms with van der Waals surface area (Å²) in [6.07, 6.45) is 1.04. The van der Waals surface area contributed by atoms with Crippen molar-refractivity contribution in [3.63, 3.8) is 0 Å². The van der Waals surface area contributed by atoms with Gasteiger partial charge in [-0.2, -0.15) is 17.0 Å². The van der Waals surface area contributed by atoms with Crippen LogP contribution in [-0.2, 0) is 5.75 Å². The maximum atomic E-state index is 8.75. The molecule has 1 aromatic carbocycles. The Bertz CT molecular complexity index is 344. The molecule has 0 aromatic heterocycles. The molecule has 2 N–H and O–H groups in total. The molecule has 0 saturated heterocycles. The zero-order chi connectivity index (χ0) is 11.1. The molecule has 1 aromatic rings. The highest BCUT2D eigenvalue weighted by atomic mass is 32.2. The van der Waals surface area contributed by atoms with E-state index in [0.717, 1.165) is 24.3 Å². The van der Waals surface area contributed by atoms with Gasteiger partial charge in [-0.1, -0.05) is 19.1 Å². The summed E-state index contributed by atoms with van der Waals surface area (Å²) in [4.78, 5) is 0. The molecule has 1 rings (SSSR count). The van der Waals surface area contributed by atoms with E-state index in [-0.39, 0.29) is 0 Å². The molecule has 0 aliphatic heterocycles. The lowest BCUT2D eigenvalue weighted by Gasteiger charge is -2.09. The standard InChI is InChI=1S/C12H16N2S/c1-10(5-6-13)15-9-12-4-2-3-11(7-12)8-14/h2-4,7,10H,5-6,9,13H2,1H3. The van der Waals surface area contributed by atoms with E-state index in [0.29, 0.717) is 5.25 Å². The molecule has 0 bridgehead atoms. The molecule has 0 amide bonds. The van der Waals surface area contributed by atoms with E-state index in [2.05, 4.69) is 19.1 Å². The minimum Gasteiger partial charge on any atom is -0.330 e. The van der Waals surface area contributed by atoms with Gasteiger partial charge in [0.25, 0.3) is 0 Å². The van der Waals surface area contributed by atoms with E-state index in [1.807, 2.05) is 30.0 Å². The van der Waals surface area contributed by atoms with Crippen molar-refractivity contribution in [3.05, 3.63) is 35.4 Å². The fraction of sp³-hybridized carbons (Fsp3) is 0.417. The Balaban J connectivity index is 2.47. The van der Waals surface area contributed by atoms with E-state index in [1.165, 1.54) is 5.56 Å². The van der Waals surface area contributed by atoms with Crippen molar-refractivity contribution in [2.75, 3.05) is 6.54 Å². The third-order valence-electron chi connectivity index (χ3n) is 2.16. The van der Waals surface area contributed by atoms with Crippen LogP contribution in [0.15, 0.2) is 24.3 Å². The van der Waals surface area contributed by atoms with Gasteiger partial charge in [-0.15, -0.1) is 0 Å². The summed E-state index contributed by atoms with van der Waals surface area (Å²) in [5.74, 6) is 0.955. The van der Waals surface area contributed by atoms with Crippen molar-refractivity contribution in [2.24, 2.45) is 5.73 Å². The summed E-state index contributed by atoms with van der Waals surface area (Å²) in [7, 11) is 0. The average Bonchev–Trinajstić information content (AvgIpc) is 2.27. The summed E-state index contributed by atoms with van der Waals surface area (Å²) in [5, 5.41) is 9.33. The van der Waals surface area contributed by atoms with E-state index >= 15 is 0 Å². The van der Waals surface area contributed by atoms with Crippen LogP contribution in [0.3, 0.4) is 0 Å². The maximum Gasteiger partial charge on any atom is 0.0991 e. The molecule has 0 fully saturated rings. The largest absolute Gasteiger partial charge is 0.330 e. The number of thioether (sulfide) groups is 1. The second kappa shape index (κ2) is 6.49. The fourth-order valence-electron chi connectivity index (χ4n) is 1.29. The smallest absolute Gasteiger partial charge is 0.0991 e. The first-order chi connectivity index (χ1) is 7.26. The fourth-order valence-corrected chi connectivity index (χ4v) is 2.25. The van der Waals surface area contributed by atoms with Gasteiger partial charge in [0.1, 0.15) is 0 Å². The Hall–Kier alpha value is -0.980. The van der Waals surface area contributed by atoms with Crippen molar-refractivity contribution in [3.8, 4) is 6.07 Å². The van der Waals surface area contributed by atoms with Crippen molar-refractivity contribution >= 4 is 11.8 Å². The van der Waals surface area contributed by atoms with Crippen molar-refractivity contribution in [1.29, 1.82) is 5.26 Å². The first-order valence-electron chi connectivity index (χ1n) is 5.07. The first kappa shape index (κ1) is 12.1. The molecule has 0 spiro atoms. The molecule has 0 aliphatic carbocycles. The van der Waals surface area contributed by atoms with E-state index < -0.39 is 0 Å². The third kappa shape index (κ3) is 4.37. The lowest BCUT2D eigenvalue weighted by molar-refractivity contribution is 0.823. The number of nitrogens with two attached hydrogens (primary N) is 1. The zero-order valence-electron chi connectivity index (χ0n) is 8.94. The van der Waals surface area contributed by atoms with E-state index in [9.17, 15) is 0 Å². The lowest BCUT2D eigenvalue weighted by Crippen LogP contribution is -2.07. The molecule has 3 heteroatoms. The molecule has 2 nitrogen and oxygen atoms in total. The van der Waals surface area contributed by atoms with Crippen LogP contribution in [0.2, 0.25) is 0 Å². The number of hydrogen-bond acceptors (Lipinski definition) is 3. The average molecular weight is 220 g/mol. The highest BCUT2D eigenvalue weighted by Gasteiger charge is 2.02. The topological polar surface area (TPSA) is 49.8 Å². The maximum absolute atomic E-state index is 8.75. The van der Waals surface area contributed by atoms with Gasteiger partial charge in [0.05, 0.1) is 11.6 Å². The number of benzene rings is 1. The zero-order valence-corrected chi connectivity index (χ0v) is 9.76. The minimum absolute atomic E-state index is 0.584. The first-order valence-corrected chi connectivity index (χ1v) is 6.12. The minimum atomic E-state index is 0.584. The molecule has 0 radical (unpaired) electrons. The highest BCUT2D eigenvalue weighted by Crippen LogP contribution is 2.19. The third-order valence-corrected chi connectivity index (χ3v) is 3.47. The van der Waals surface area contributed by atoms with Crippen LogP contribution in [0.1, 0.15) is 24.5 Å². The molecule has 80 valence electrons. The number of nitrogens with zero attached hydrogens (tertiary/aromatic N) is 1. The number of rotatable bonds is 5. The summed E-state index contributed by atoms with van der Waals surface area (Å²) in [6, 6.07) is 9.92. The van der Waals surface area contributed by atoms with Gasteiger partial charge in [0.2, 0.25) is 0 Å². The normalized spacial score (nSPS) is 12.1. The van der Waals surface area contributed by atoms with Crippen LogP contribution >= 0.6 is 11.8 Å². The van der Waals surface area contributed by atoms with Crippen LogP contribution in [0.5, 0.6) is 0 Å². The molecular formula is C12H16N2S. The molecule has 1 unspecified atom stereocenters. The van der Waals surface area contributed by atoms with Crippen LogP contribution in [-0.4, -0.2) is 11.8 Å². The predicted molar refractivity (Wildman–Crippen MR) is 65.6 cm³/mol. The van der Waals surface area contributed by atoms with Gasteiger partial charge in [-0.25, -0.2) is 0 Å². The second-order valence-electron chi connectivity index (χ2n) is 3.51. The van der Waals surface area contributed by atoms with Gasteiger partial charge < -0.3 is 5.73 Å². The molecule has 0 saturated carbocycles. The highest BCUT2D eigenvalue weighted by molar-refractivity contribution is 7.99. The van der Waals surface area contributed by atoms with Crippen molar-refractivity contribution < 1.29 is 0 Å². The number of nitriles is 1. The molecule has 15 heavy (non-hydrogen) atoms. The van der Waals surface area contributed by atoms with Gasteiger partial charge >= 0.3 is 0 Å². The molecule has 0 heterocycles. The predicted octanol–water partition coefficient (Wildman–Crippen LogP) is 2.53. The van der Waals surface area contributed by atoms with E-state index in [1.54, 1.807) is 0 Å². The van der Waals surface area contributed by atoms with Crippen LogP contribution in [0, 0.1) is 11.3 Å². The summed E-state index contributed by atoms with van der Waals surface area (Å²) >= 11 is 1.88. The van der Waals surface area contributed by atoms with Crippen molar-refractivity contribution in [2.45, 2.75) is 24.3 Å². The summed E-state index contributed by atoms with van der Waals surface area (Å²) in [5.41, 5.74) is 7.43. The van der Waals surface area contributed by atoms with Gasteiger partial charge in [0, 0.05) is 11.0 Å². The quantitative estimate of drug-likeness (QED) is 0.829. The molecular weight excluding hydrogens is 204 g/mol. The van der Waals surface area contributed by atoms with Crippen LogP contribution < -0.4 is 5.73 Å². The Kier molecular flexibility index (Phi) is 5.23. The van der Waals surface area contributed by atoms with Crippen LogP contribution in [0.4, 0.5) is 0 Å². The SMILES string of the molecule is CC(CCN)SCc1cccc(C#N)c1. The van der Waals surface area contributed by atoms with Gasteiger partial charge in [-0.3, -0.25) is 0 Å². The lowest BCUT2D eigenvalue weighted by atomic mass is 10.2. The van der Waals surface area contributed by atoms with Gasteiger partial charge in [0.15, 0.2) is 0 Å². The molecule has 1 atom stereocenters. The summed E-state index contributed by atoms with van der Waals surface area (Å²) < 4.78 is 0.